The molecule has 3 rings (SSSR count). The van der Waals surface area contributed by atoms with Crippen molar-refractivity contribution in [1.29, 1.82) is 0 Å². The molecule has 1 unspecified atom stereocenters. The number of nitrogens with one attached hydrogen (secondary N) is 1. The highest BCUT2D eigenvalue weighted by Gasteiger charge is 2.31. The summed E-state index contributed by atoms with van der Waals surface area (Å²) in [6.07, 6.45) is 2.35. The largest absolute Gasteiger partial charge is 0.469 e. The Balaban J connectivity index is 1.98. The van der Waals surface area contributed by atoms with E-state index < -0.39 is 6.10 Å². The summed E-state index contributed by atoms with van der Waals surface area (Å²) in [4.78, 5) is 15.7. The Labute approximate surface area is 91.1 Å². The molecular formula is C11H8N2O3. The maximum atomic E-state index is 11.7. The number of ether oxygens (including phenoxy) is 1. The first-order valence-electron chi connectivity index (χ1n) is 4.80. The molecule has 0 aliphatic carbocycles. The summed E-state index contributed by atoms with van der Waals surface area (Å²) < 4.78 is 10.7. The standard InChI is InChI=1S/C11H8N2O3/c14-11-9(7-4-2-6-15-7)16-8-3-1-5-12-10(8)13-11/h1-6,9H,(H,12,13,14). The zero-order valence-corrected chi connectivity index (χ0v) is 8.21. The summed E-state index contributed by atoms with van der Waals surface area (Å²) in [5.41, 5.74) is 0. The Bertz CT molecular complexity index is 522. The molecule has 16 heavy (non-hydrogen) atoms. The van der Waals surface area contributed by atoms with E-state index in [9.17, 15) is 4.79 Å². The number of anilines is 1. The van der Waals surface area contributed by atoms with Crippen molar-refractivity contribution in [1.82, 2.24) is 4.98 Å². The fraction of sp³-hybridized carbons (Fsp3) is 0.0909. The Morgan fingerprint density at radius 1 is 1.31 bits per heavy atom. The monoisotopic (exact) mass is 216 g/mol. The maximum Gasteiger partial charge on any atom is 0.274 e. The minimum absolute atomic E-state index is 0.277. The molecular weight excluding hydrogens is 208 g/mol. The topological polar surface area (TPSA) is 64.4 Å². The fourth-order valence-electron chi connectivity index (χ4n) is 1.57. The van der Waals surface area contributed by atoms with Crippen LogP contribution in [-0.4, -0.2) is 10.9 Å². The molecule has 0 saturated heterocycles. The van der Waals surface area contributed by atoms with E-state index in [0.29, 0.717) is 17.3 Å². The molecule has 1 N–H and O–H groups in total. The van der Waals surface area contributed by atoms with Crippen LogP contribution in [0.15, 0.2) is 41.1 Å². The van der Waals surface area contributed by atoms with Crippen LogP contribution in [-0.2, 0) is 4.79 Å². The van der Waals surface area contributed by atoms with Gasteiger partial charge in [-0.2, -0.15) is 0 Å². The lowest BCUT2D eigenvalue weighted by Crippen LogP contribution is -2.30. The number of fused-ring (bicyclic) bond motifs is 1. The molecule has 1 amide bonds. The number of amides is 1. The maximum absolute atomic E-state index is 11.7. The van der Waals surface area contributed by atoms with E-state index in [1.165, 1.54) is 6.26 Å². The van der Waals surface area contributed by atoms with Gasteiger partial charge < -0.3 is 14.5 Å². The summed E-state index contributed by atoms with van der Waals surface area (Å²) in [7, 11) is 0. The lowest BCUT2D eigenvalue weighted by molar-refractivity contribution is -0.124. The predicted octanol–water partition coefficient (Wildman–Crippen LogP) is 1.75. The van der Waals surface area contributed by atoms with E-state index in [1.807, 2.05) is 0 Å². The first kappa shape index (κ1) is 8.96. The van der Waals surface area contributed by atoms with Crippen molar-refractivity contribution in [3.63, 3.8) is 0 Å². The number of furan rings is 1. The molecule has 0 fully saturated rings. The van der Waals surface area contributed by atoms with Gasteiger partial charge in [-0.25, -0.2) is 4.98 Å². The van der Waals surface area contributed by atoms with Gasteiger partial charge in [0.15, 0.2) is 17.3 Å². The first-order chi connectivity index (χ1) is 7.84. The van der Waals surface area contributed by atoms with Crippen LogP contribution in [0.3, 0.4) is 0 Å². The van der Waals surface area contributed by atoms with E-state index in [4.69, 9.17) is 9.15 Å². The van der Waals surface area contributed by atoms with Gasteiger partial charge in [-0.15, -0.1) is 0 Å². The van der Waals surface area contributed by atoms with Gasteiger partial charge in [-0.1, -0.05) is 0 Å². The van der Waals surface area contributed by atoms with Crippen molar-refractivity contribution in [2.24, 2.45) is 0 Å². The lowest BCUT2D eigenvalue weighted by Gasteiger charge is -2.23. The van der Waals surface area contributed by atoms with Gasteiger partial charge in [0.25, 0.3) is 5.91 Å². The highest BCUT2D eigenvalue weighted by Crippen LogP contribution is 2.32. The number of aromatic nitrogens is 1. The third kappa shape index (κ3) is 1.33. The zero-order valence-electron chi connectivity index (χ0n) is 8.21. The van der Waals surface area contributed by atoms with Gasteiger partial charge in [0, 0.05) is 6.20 Å². The lowest BCUT2D eigenvalue weighted by atomic mass is 10.2. The van der Waals surface area contributed by atoms with Crippen molar-refractivity contribution in [3.05, 3.63) is 42.5 Å². The summed E-state index contributed by atoms with van der Waals surface area (Å²) in [6.45, 7) is 0. The molecule has 1 atom stereocenters. The Kier molecular flexibility index (Phi) is 1.89. The van der Waals surface area contributed by atoms with Crippen LogP contribution in [0.4, 0.5) is 5.82 Å². The molecule has 2 aromatic rings. The summed E-state index contributed by atoms with van der Waals surface area (Å²) >= 11 is 0. The van der Waals surface area contributed by atoms with Crippen LogP contribution in [0, 0.1) is 0 Å². The van der Waals surface area contributed by atoms with Crippen LogP contribution in [0.1, 0.15) is 11.9 Å². The molecule has 0 spiro atoms. The van der Waals surface area contributed by atoms with Gasteiger partial charge in [-0.3, -0.25) is 4.79 Å². The van der Waals surface area contributed by atoms with Crippen molar-refractivity contribution < 1.29 is 13.9 Å². The second-order valence-electron chi connectivity index (χ2n) is 3.35. The molecule has 5 heteroatoms. The Morgan fingerprint density at radius 3 is 3.06 bits per heavy atom. The van der Waals surface area contributed by atoms with E-state index in [2.05, 4.69) is 10.3 Å². The average molecular weight is 216 g/mol. The molecule has 1 aliphatic rings. The minimum Gasteiger partial charge on any atom is -0.469 e. The van der Waals surface area contributed by atoms with Crippen LogP contribution in [0.2, 0.25) is 0 Å². The third-order valence-electron chi connectivity index (χ3n) is 2.30. The summed E-state index contributed by atoms with van der Waals surface area (Å²) in [6, 6.07) is 6.91. The quantitative estimate of drug-likeness (QED) is 0.788. The number of nitrogens with zero attached hydrogens (tertiary/aromatic N) is 1. The van der Waals surface area contributed by atoms with Crippen molar-refractivity contribution in [3.8, 4) is 5.75 Å². The van der Waals surface area contributed by atoms with Crippen LogP contribution in [0.25, 0.3) is 0 Å². The zero-order chi connectivity index (χ0) is 11.0. The SMILES string of the molecule is O=C1Nc2ncccc2OC1c1ccco1. The molecule has 3 heterocycles. The number of pyridine rings is 1. The molecule has 0 radical (unpaired) electrons. The first-order valence-corrected chi connectivity index (χ1v) is 4.80. The van der Waals surface area contributed by atoms with E-state index in [-0.39, 0.29) is 5.91 Å². The van der Waals surface area contributed by atoms with Crippen molar-refractivity contribution in [2.45, 2.75) is 6.10 Å². The van der Waals surface area contributed by atoms with Crippen LogP contribution in [0.5, 0.6) is 5.75 Å². The molecule has 1 aliphatic heterocycles. The predicted molar refractivity (Wildman–Crippen MR) is 54.9 cm³/mol. The highest BCUT2D eigenvalue weighted by atomic mass is 16.5. The normalized spacial score (nSPS) is 18.5. The minimum atomic E-state index is -0.744. The Hall–Kier alpha value is -2.30. The van der Waals surface area contributed by atoms with Gasteiger partial charge in [-0.05, 0) is 24.3 Å². The number of hydrogen-bond donors (Lipinski definition) is 1. The summed E-state index contributed by atoms with van der Waals surface area (Å²) in [5.74, 6) is 1.19. The number of carbonyl (C=O) groups excluding carboxylic acids is 1. The van der Waals surface area contributed by atoms with Gasteiger partial charge >= 0.3 is 0 Å². The van der Waals surface area contributed by atoms with E-state index >= 15 is 0 Å². The fourth-order valence-corrected chi connectivity index (χ4v) is 1.57. The Morgan fingerprint density at radius 2 is 2.25 bits per heavy atom. The summed E-state index contributed by atoms with van der Waals surface area (Å²) in [5, 5.41) is 2.66. The average Bonchev–Trinajstić information content (AvgIpc) is 2.81. The molecule has 0 aromatic carbocycles. The van der Waals surface area contributed by atoms with E-state index in [0.717, 1.165) is 0 Å². The van der Waals surface area contributed by atoms with Gasteiger partial charge in [0.2, 0.25) is 6.10 Å². The van der Waals surface area contributed by atoms with Gasteiger partial charge in [0.1, 0.15) is 0 Å². The van der Waals surface area contributed by atoms with Crippen molar-refractivity contribution >= 4 is 11.7 Å². The van der Waals surface area contributed by atoms with Crippen LogP contribution >= 0.6 is 0 Å². The molecule has 2 aromatic heterocycles. The molecule has 0 bridgehead atoms. The van der Waals surface area contributed by atoms with E-state index in [1.54, 1.807) is 30.5 Å². The number of rotatable bonds is 1. The molecule has 80 valence electrons. The number of hydrogen-bond acceptors (Lipinski definition) is 4. The smallest absolute Gasteiger partial charge is 0.274 e. The number of carbonyl (C=O) groups is 1. The van der Waals surface area contributed by atoms with Crippen molar-refractivity contribution in [2.75, 3.05) is 5.32 Å². The van der Waals surface area contributed by atoms with Crippen LogP contribution < -0.4 is 10.1 Å². The highest BCUT2D eigenvalue weighted by molar-refractivity contribution is 5.96. The molecule has 0 saturated carbocycles. The van der Waals surface area contributed by atoms with Gasteiger partial charge in [0.05, 0.1) is 6.26 Å². The molecule has 5 nitrogen and oxygen atoms in total. The third-order valence-corrected chi connectivity index (χ3v) is 2.30. The second-order valence-corrected chi connectivity index (χ2v) is 3.35. The second kappa shape index (κ2) is 3.37.